The Kier molecular flexibility index (Phi) is 41.2. The highest BCUT2D eigenvalue weighted by atomic mass is 16.5. The maximum Gasteiger partial charge on any atom is 0.348 e. The number of carbonyl (C=O) groups excluding carboxylic acids is 5. The molecule has 0 bridgehead atoms. The summed E-state index contributed by atoms with van der Waals surface area (Å²) in [5.41, 5.74) is 5.18. The summed E-state index contributed by atoms with van der Waals surface area (Å²) in [5, 5.41) is 74.3. The minimum atomic E-state index is -1.16. The van der Waals surface area contributed by atoms with Crippen molar-refractivity contribution in [1.29, 1.82) is 36.8 Å². The zero-order valence-electron chi connectivity index (χ0n) is 83.4. The van der Waals surface area contributed by atoms with Crippen LogP contribution in [0.2, 0.25) is 0 Å². The van der Waals surface area contributed by atoms with E-state index in [9.17, 15) is 44.6 Å². The van der Waals surface area contributed by atoms with Crippen molar-refractivity contribution in [3.05, 3.63) is 205 Å². The average Bonchev–Trinajstić information content (AvgIpc) is 1.61. The summed E-state index contributed by atoms with van der Waals surface area (Å²) in [7, 11) is 6.77. The number of amides is 4. The molecule has 2 aromatic carbocycles. The van der Waals surface area contributed by atoms with E-state index in [-0.39, 0.29) is 95.6 Å². The topological polar surface area (TPSA) is 394 Å². The van der Waals surface area contributed by atoms with Gasteiger partial charge in [-0.3, -0.25) is 33.9 Å². The molecule has 0 aromatic heterocycles. The molecule has 0 fully saturated rings. The standard InChI is InChI=1S/C17H23N3O3.C17H20N2O.C15H18N2O.C14H18N2O.C12H17NO.C10H16N2O.C10H15NO2.C8H11NO2/c1-16(2,3)14-11(9-18)13(23-17(14,4)5)12(10-19)15(21)20-7-8-22-6;1-17(2,3)12-14-16(20)19(4)15(18-14)11-10-13-8-6-5-7-9-13;1-15(2,3)10-12-14(18)17(4)13(16-12)11-8-6-5-7-9-11;1-9(7-15)11-10(8-16)12(13(2,3)4)14(5,6)17-11;1-8-9(7-13)10(11(2,3)4)12(5,6)14-8;1-7-11-8(6-10(2,3)4)9(13)12(7)5;1-5-13-9(12)8(7-11)6-10(2,3)4;1-8(2,3)4-6(5-9)7(10)11/h7-8H2,1-6H3,(H,20,21);5-12H,1-4H3;5-10H,1-4H3;1-6H3;1H2,2-6H3;6H,1-5H3;6H,5H2,1-4H3;4H,1-3H3,(H,10,11)/b13-12-;11-10+,14-12-;12-10-;11-9-;;8-6-;8-6+;6-4+. The van der Waals surface area contributed by atoms with Crippen LogP contribution in [0.25, 0.3) is 6.08 Å². The second-order valence-electron chi connectivity index (χ2n) is 40.8. The first-order valence-corrected chi connectivity index (χ1v) is 42.2. The van der Waals surface area contributed by atoms with Gasteiger partial charge in [-0.2, -0.15) is 36.8 Å². The van der Waals surface area contributed by atoms with E-state index in [1.54, 1.807) is 61.8 Å². The van der Waals surface area contributed by atoms with Gasteiger partial charge in [-0.15, -0.1) is 0 Å². The van der Waals surface area contributed by atoms with Gasteiger partial charge < -0.3 is 34.1 Å². The first kappa shape index (κ1) is 114. The summed E-state index contributed by atoms with van der Waals surface area (Å²) in [5.74, 6) is 0.780. The Bertz CT molecular complexity index is 5300. The van der Waals surface area contributed by atoms with Crippen LogP contribution in [-0.2, 0) is 52.5 Å². The number of nitrogens with zero attached hydrogens (tertiary/aromatic N) is 13. The molecule has 2 N–H and O–H groups in total. The Morgan fingerprint density at radius 2 is 0.899 bits per heavy atom. The lowest BCUT2D eigenvalue weighted by Crippen LogP contribution is -2.30. The molecule has 26 heteroatoms. The zero-order valence-corrected chi connectivity index (χ0v) is 83.4. The van der Waals surface area contributed by atoms with Gasteiger partial charge >= 0.3 is 11.9 Å². The average molecular weight is 1760 g/mol. The number of methoxy groups -OCH3 is 1. The number of benzene rings is 2. The second-order valence-corrected chi connectivity index (χ2v) is 40.8. The van der Waals surface area contributed by atoms with E-state index in [0.29, 0.717) is 64.4 Å². The van der Waals surface area contributed by atoms with Gasteiger partial charge in [0.15, 0.2) is 17.1 Å². The van der Waals surface area contributed by atoms with E-state index in [2.05, 4.69) is 155 Å². The van der Waals surface area contributed by atoms with Gasteiger partial charge in [0, 0.05) is 40.4 Å². The fourth-order valence-electron chi connectivity index (χ4n) is 13.8. The molecule has 129 heavy (non-hydrogen) atoms. The molecule has 6 aliphatic heterocycles. The largest absolute Gasteiger partial charge is 0.483 e. The van der Waals surface area contributed by atoms with E-state index in [0.717, 1.165) is 39.5 Å². The number of nitrogens with one attached hydrogen (secondary N) is 1. The maximum atomic E-state index is 12.2. The minimum Gasteiger partial charge on any atom is -0.483 e. The predicted octanol–water partition coefficient (Wildman–Crippen LogP) is 20.6. The van der Waals surface area contributed by atoms with Crippen LogP contribution in [0, 0.1) is 123 Å². The quantitative estimate of drug-likeness (QED) is 0.0965. The number of nitriles is 7. The van der Waals surface area contributed by atoms with E-state index in [1.807, 2.05) is 214 Å². The van der Waals surface area contributed by atoms with E-state index < -0.39 is 34.6 Å². The van der Waals surface area contributed by atoms with Crippen molar-refractivity contribution < 1.29 is 57.6 Å². The van der Waals surface area contributed by atoms with Gasteiger partial charge in [-0.25, -0.2) is 24.6 Å². The number of carboxylic acids is 1. The van der Waals surface area contributed by atoms with Crippen molar-refractivity contribution in [2.45, 2.75) is 245 Å². The number of carboxylic acid groups (broad SMARTS) is 1. The Labute approximate surface area is 768 Å². The van der Waals surface area contributed by atoms with Gasteiger partial charge in [-0.05, 0) is 152 Å². The number of likely N-dealkylation sites (N-methyl/N-ethyl adjacent to an activating group) is 3. The fraction of sp³-hybridized carbons (Fsp3) is 0.495. The summed E-state index contributed by atoms with van der Waals surface area (Å²) in [6.07, 6.45) is 12.6. The van der Waals surface area contributed by atoms with Crippen molar-refractivity contribution in [2.24, 2.45) is 58.3 Å². The monoisotopic (exact) mass is 1760 g/mol. The number of aliphatic carboxylic acids is 1. The van der Waals surface area contributed by atoms with E-state index in [4.69, 9.17) is 49.8 Å². The molecule has 2 aromatic rings. The maximum absolute atomic E-state index is 12.2. The summed E-state index contributed by atoms with van der Waals surface area (Å²) in [6, 6.07) is 33.6. The number of aliphatic imine (C=N–C) groups is 3. The molecule has 6 heterocycles. The number of amidine groups is 3. The van der Waals surface area contributed by atoms with Gasteiger partial charge in [0.25, 0.3) is 23.6 Å². The van der Waals surface area contributed by atoms with Crippen LogP contribution in [-0.4, -0.2) is 138 Å². The smallest absolute Gasteiger partial charge is 0.348 e. The molecule has 0 atom stereocenters. The lowest BCUT2D eigenvalue weighted by molar-refractivity contribution is -0.138. The Morgan fingerprint density at radius 1 is 0.512 bits per heavy atom. The highest BCUT2D eigenvalue weighted by Gasteiger charge is 2.47. The Balaban J connectivity index is 0.000000745. The molecule has 0 unspecified atom stereocenters. The molecule has 4 amide bonds. The zero-order chi connectivity index (χ0) is 100. The van der Waals surface area contributed by atoms with E-state index >= 15 is 0 Å². The third-order valence-electron chi connectivity index (χ3n) is 18.2. The molecule has 26 nitrogen and oxygen atoms in total. The van der Waals surface area contributed by atoms with Crippen molar-refractivity contribution >= 4 is 59.2 Å². The highest BCUT2D eigenvalue weighted by molar-refractivity contribution is 6.18. The highest BCUT2D eigenvalue weighted by Crippen LogP contribution is 2.50. The van der Waals surface area contributed by atoms with Crippen molar-refractivity contribution in [3.8, 4) is 42.5 Å². The van der Waals surface area contributed by atoms with Crippen LogP contribution in [0.3, 0.4) is 0 Å². The molecule has 6 aliphatic rings. The number of ether oxygens (including phenoxy) is 5. The van der Waals surface area contributed by atoms with Crippen LogP contribution in [0.4, 0.5) is 0 Å². The van der Waals surface area contributed by atoms with Crippen molar-refractivity contribution in [1.82, 2.24) is 20.0 Å². The molecule has 0 saturated carbocycles. The molecule has 692 valence electrons. The lowest BCUT2D eigenvalue weighted by atomic mass is 9.76. The minimum absolute atomic E-state index is 0.0000463. The van der Waals surface area contributed by atoms with Gasteiger partial charge in [0.05, 0.1) is 41.6 Å². The SMILES string of the molecule is C/C(C#N)=C1/OC(C)(C)C(C(C)(C)C)=C1C#N.C=C1OC(C)(C)C(C(C)(C)C)=C1C#N.CC(C)(C)/C=C(\C#N)C(=O)O.CC1=N/C(=C\C(C)(C)C)C(=O)N1C.CCOC(=O)/C(C#N)=C/C(C)(C)C.CN1C(=O)/C(=C/C(C)(C)C)N=C1/C=C/c1ccccc1.CN1C(=O)/C(=C/C(C)(C)C)N=C1c1ccccc1.COCCNC(=O)/C(C#N)=C1\OC(C)(C)C(C(C)(C)C)=C1C#N. The molecule has 0 spiro atoms. The molecule has 0 radical (unpaired) electrons. The van der Waals surface area contributed by atoms with E-state index in [1.165, 1.54) is 13.2 Å². The van der Waals surface area contributed by atoms with Crippen molar-refractivity contribution in [3.63, 3.8) is 0 Å². The third kappa shape index (κ3) is 36.0. The van der Waals surface area contributed by atoms with Crippen LogP contribution >= 0.6 is 0 Å². The summed E-state index contributed by atoms with van der Waals surface area (Å²) < 4.78 is 26.8. The fourth-order valence-corrected chi connectivity index (χ4v) is 13.8. The van der Waals surface area contributed by atoms with Gasteiger partial charge in [0.2, 0.25) is 0 Å². The molecule has 8 rings (SSSR count). The number of hydrogen-bond donors (Lipinski definition) is 2. The van der Waals surface area contributed by atoms with Crippen LogP contribution < -0.4 is 5.32 Å². The van der Waals surface area contributed by atoms with Crippen LogP contribution in [0.1, 0.15) is 240 Å². The number of hydrogen-bond acceptors (Lipinski definition) is 21. The molecular formula is C103H138N14O12. The lowest BCUT2D eigenvalue weighted by Gasteiger charge is -2.31. The summed E-state index contributed by atoms with van der Waals surface area (Å²) in [6.45, 7) is 69.5. The van der Waals surface area contributed by atoms with Gasteiger partial charge in [0.1, 0.15) is 105 Å². The Hall–Kier alpha value is -13.1. The first-order chi connectivity index (χ1) is 58.8. The predicted molar refractivity (Wildman–Crippen MR) is 507 cm³/mol. The third-order valence-corrected chi connectivity index (χ3v) is 18.2. The molecule has 0 aliphatic carbocycles. The molecule has 0 saturated heterocycles. The summed E-state index contributed by atoms with van der Waals surface area (Å²) in [4.78, 5) is 87.2. The number of rotatable bonds is 10. The van der Waals surface area contributed by atoms with Crippen LogP contribution in [0.5, 0.6) is 0 Å². The second kappa shape index (κ2) is 46.6. The van der Waals surface area contributed by atoms with Crippen molar-refractivity contribution in [2.75, 3.05) is 48.0 Å². The molecular weight excluding hydrogens is 1630 g/mol. The number of allylic oxidation sites excluding steroid dienone is 9. The number of carbonyl (C=O) groups is 6. The van der Waals surface area contributed by atoms with Crippen LogP contribution in [0.15, 0.2) is 209 Å². The Morgan fingerprint density at radius 3 is 1.26 bits per heavy atom. The first-order valence-electron chi connectivity index (χ1n) is 42.2. The van der Waals surface area contributed by atoms with Gasteiger partial charge in [-0.1, -0.05) is 252 Å². The number of esters is 1. The normalized spacial score (nSPS) is 18.3. The summed E-state index contributed by atoms with van der Waals surface area (Å²) >= 11 is 0.